The Morgan fingerprint density at radius 3 is 2.65 bits per heavy atom. The molecule has 1 rings (SSSR count). The van der Waals surface area contributed by atoms with E-state index in [0.717, 1.165) is 11.8 Å². The second kappa shape index (κ2) is 8.47. The fourth-order valence-corrected chi connectivity index (χ4v) is 1.20. The third-order valence-corrected chi connectivity index (χ3v) is 2.07. The van der Waals surface area contributed by atoms with Gasteiger partial charge in [-0.3, -0.25) is 4.79 Å². The third kappa shape index (κ3) is 6.48. The molecule has 0 saturated carbocycles. The van der Waals surface area contributed by atoms with Crippen molar-refractivity contribution in [3.63, 3.8) is 0 Å². The van der Waals surface area contributed by atoms with Crippen LogP contribution in [-0.4, -0.2) is 25.5 Å². The van der Waals surface area contributed by atoms with Gasteiger partial charge in [-0.05, 0) is 5.56 Å². The number of carbonyl (C=O) groups is 2. The van der Waals surface area contributed by atoms with Gasteiger partial charge in [-0.15, -0.1) is 0 Å². The summed E-state index contributed by atoms with van der Waals surface area (Å²) >= 11 is 0. The summed E-state index contributed by atoms with van der Waals surface area (Å²) in [6.45, 7) is 0.935. The van der Waals surface area contributed by atoms with Gasteiger partial charge in [0.2, 0.25) is 0 Å². The van der Waals surface area contributed by atoms with Crippen LogP contribution in [0, 0.1) is 0 Å². The average molecular weight is 236 g/mol. The van der Waals surface area contributed by atoms with Crippen molar-refractivity contribution < 1.29 is 19.1 Å². The molecule has 0 unspecified atom stereocenters. The third-order valence-electron chi connectivity index (χ3n) is 2.07. The molecule has 0 aliphatic carbocycles. The normalized spacial score (nSPS) is 9.88. The Morgan fingerprint density at radius 2 is 1.94 bits per heavy atom. The molecule has 0 atom stereocenters. The molecule has 4 heteroatoms. The van der Waals surface area contributed by atoms with Crippen LogP contribution in [0.3, 0.4) is 0 Å². The van der Waals surface area contributed by atoms with Crippen LogP contribution in [0.25, 0.3) is 0 Å². The van der Waals surface area contributed by atoms with Crippen LogP contribution in [0.4, 0.5) is 0 Å². The van der Waals surface area contributed by atoms with Crippen molar-refractivity contribution >= 4 is 12.3 Å². The minimum absolute atomic E-state index is 0.214. The van der Waals surface area contributed by atoms with Crippen molar-refractivity contribution in [2.45, 2.75) is 19.4 Å². The van der Waals surface area contributed by atoms with Crippen molar-refractivity contribution in [2.75, 3.05) is 13.2 Å². The monoisotopic (exact) mass is 236 g/mol. The summed E-state index contributed by atoms with van der Waals surface area (Å²) in [6.07, 6.45) is 1.36. The molecule has 0 aliphatic rings. The Hall–Kier alpha value is -1.68. The van der Waals surface area contributed by atoms with E-state index >= 15 is 0 Å². The second-order valence-electron chi connectivity index (χ2n) is 3.46. The first-order valence-corrected chi connectivity index (χ1v) is 5.54. The van der Waals surface area contributed by atoms with Crippen molar-refractivity contribution in [2.24, 2.45) is 0 Å². The highest BCUT2D eigenvalue weighted by atomic mass is 16.5. The van der Waals surface area contributed by atoms with E-state index in [2.05, 4.69) is 0 Å². The molecule has 0 fully saturated rings. The first kappa shape index (κ1) is 13.4. The van der Waals surface area contributed by atoms with Crippen molar-refractivity contribution in [3.8, 4) is 0 Å². The van der Waals surface area contributed by atoms with Crippen molar-refractivity contribution in [1.82, 2.24) is 0 Å². The van der Waals surface area contributed by atoms with E-state index in [1.807, 2.05) is 30.3 Å². The van der Waals surface area contributed by atoms with Gasteiger partial charge < -0.3 is 14.3 Å². The van der Waals surface area contributed by atoms with Crippen LogP contribution in [-0.2, 0) is 25.7 Å². The highest BCUT2D eigenvalue weighted by molar-refractivity contribution is 5.69. The molecule has 0 bridgehead atoms. The Balaban J connectivity index is 2.07. The lowest BCUT2D eigenvalue weighted by atomic mass is 10.2. The molecule has 0 amide bonds. The van der Waals surface area contributed by atoms with E-state index in [-0.39, 0.29) is 19.0 Å². The van der Waals surface area contributed by atoms with Gasteiger partial charge in [-0.25, -0.2) is 0 Å². The molecule has 0 heterocycles. The zero-order chi connectivity index (χ0) is 12.3. The quantitative estimate of drug-likeness (QED) is 0.392. The molecular weight excluding hydrogens is 220 g/mol. The minimum Gasteiger partial charge on any atom is -0.461 e. The van der Waals surface area contributed by atoms with Crippen LogP contribution < -0.4 is 0 Å². The SMILES string of the molecule is O=CCCOCCC(=O)OCc1ccccc1. The maximum atomic E-state index is 11.3. The Kier molecular flexibility index (Phi) is 6.67. The van der Waals surface area contributed by atoms with E-state index in [4.69, 9.17) is 9.47 Å². The van der Waals surface area contributed by atoms with Gasteiger partial charge in [0.15, 0.2) is 0 Å². The van der Waals surface area contributed by atoms with Crippen molar-refractivity contribution in [3.05, 3.63) is 35.9 Å². The smallest absolute Gasteiger partial charge is 0.308 e. The summed E-state index contributed by atoms with van der Waals surface area (Å²) in [4.78, 5) is 21.3. The Labute approximate surface area is 101 Å². The van der Waals surface area contributed by atoms with Gasteiger partial charge in [0.25, 0.3) is 0 Å². The lowest BCUT2D eigenvalue weighted by Gasteiger charge is -2.05. The van der Waals surface area contributed by atoms with E-state index in [1.54, 1.807) is 0 Å². The zero-order valence-corrected chi connectivity index (χ0v) is 9.63. The summed E-state index contributed by atoms with van der Waals surface area (Å²) < 4.78 is 10.1. The second-order valence-corrected chi connectivity index (χ2v) is 3.46. The first-order chi connectivity index (χ1) is 8.33. The maximum Gasteiger partial charge on any atom is 0.308 e. The molecule has 0 radical (unpaired) electrons. The number of aldehydes is 1. The molecule has 0 saturated heterocycles. The number of hydrogen-bond acceptors (Lipinski definition) is 4. The summed E-state index contributed by atoms with van der Waals surface area (Å²) in [5, 5.41) is 0. The van der Waals surface area contributed by atoms with E-state index < -0.39 is 0 Å². The lowest BCUT2D eigenvalue weighted by molar-refractivity contribution is -0.146. The lowest BCUT2D eigenvalue weighted by Crippen LogP contribution is -2.09. The number of ether oxygens (including phenoxy) is 2. The molecule has 0 spiro atoms. The van der Waals surface area contributed by atoms with E-state index in [9.17, 15) is 9.59 Å². The predicted molar refractivity (Wildman–Crippen MR) is 62.4 cm³/mol. The summed E-state index contributed by atoms with van der Waals surface area (Å²) in [5.74, 6) is -0.292. The van der Waals surface area contributed by atoms with Gasteiger partial charge in [0.1, 0.15) is 12.9 Å². The molecule has 0 aromatic heterocycles. The number of hydrogen-bond donors (Lipinski definition) is 0. The highest BCUT2D eigenvalue weighted by Crippen LogP contribution is 2.01. The maximum absolute atomic E-state index is 11.3. The van der Waals surface area contributed by atoms with Crippen LogP contribution in [0.15, 0.2) is 30.3 Å². The van der Waals surface area contributed by atoms with Crippen LogP contribution >= 0.6 is 0 Å². The van der Waals surface area contributed by atoms with Gasteiger partial charge >= 0.3 is 5.97 Å². The Bertz CT molecular complexity index is 335. The summed E-state index contributed by atoms with van der Waals surface area (Å²) in [6, 6.07) is 9.49. The molecule has 0 aliphatic heterocycles. The molecule has 17 heavy (non-hydrogen) atoms. The number of carbonyl (C=O) groups excluding carboxylic acids is 2. The number of benzene rings is 1. The van der Waals surface area contributed by atoms with Gasteiger partial charge in [-0.1, -0.05) is 30.3 Å². The predicted octanol–water partition coefficient (Wildman–Crippen LogP) is 1.73. The molecule has 92 valence electrons. The minimum atomic E-state index is -0.292. The van der Waals surface area contributed by atoms with Crippen LogP contribution in [0.2, 0.25) is 0 Å². The first-order valence-electron chi connectivity index (χ1n) is 5.54. The molecular formula is C13H16O4. The largest absolute Gasteiger partial charge is 0.461 e. The van der Waals surface area contributed by atoms with Gasteiger partial charge in [-0.2, -0.15) is 0 Å². The number of rotatable bonds is 8. The highest BCUT2D eigenvalue weighted by Gasteiger charge is 2.02. The molecule has 1 aromatic carbocycles. The van der Waals surface area contributed by atoms with Gasteiger partial charge in [0, 0.05) is 6.42 Å². The molecule has 0 N–H and O–H groups in total. The van der Waals surface area contributed by atoms with Gasteiger partial charge in [0.05, 0.1) is 19.6 Å². The van der Waals surface area contributed by atoms with Crippen LogP contribution in [0.5, 0.6) is 0 Å². The number of esters is 1. The standard InChI is InChI=1S/C13H16O4/c14-8-4-9-16-10-7-13(15)17-11-12-5-2-1-3-6-12/h1-3,5-6,8H,4,7,9-11H2. The topological polar surface area (TPSA) is 52.6 Å². The fraction of sp³-hybridized carbons (Fsp3) is 0.385. The summed E-state index contributed by atoms with van der Waals surface area (Å²) in [7, 11) is 0. The molecule has 1 aromatic rings. The Morgan fingerprint density at radius 1 is 1.18 bits per heavy atom. The van der Waals surface area contributed by atoms with Crippen molar-refractivity contribution in [1.29, 1.82) is 0 Å². The zero-order valence-electron chi connectivity index (χ0n) is 9.63. The fourth-order valence-electron chi connectivity index (χ4n) is 1.20. The average Bonchev–Trinajstić information content (AvgIpc) is 2.37. The van der Waals surface area contributed by atoms with E-state index in [1.165, 1.54) is 0 Å². The van der Waals surface area contributed by atoms with E-state index in [0.29, 0.717) is 19.6 Å². The molecule has 4 nitrogen and oxygen atoms in total. The summed E-state index contributed by atoms with van der Waals surface area (Å²) in [5.41, 5.74) is 0.961. The van der Waals surface area contributed by atoms with Crippen LogP contribution in [0.1, 0.15) is 18.4 Å².